The molecule has 2 aromatic carbocycles. The molecule has 1 amide bonds. The molecular weight excluding hydrogens is 360 g/mol. The molecule has 1 aromatic heterocycles. The molecule has 0 radical (unpaired) electrons. The molecule has 6 heteroatoms. The van der Waals surface area contributed by atoms with E-state index < -0.39 is 0 Å². The number of benzene rings is 2. The van der Waals surface area contributed by atoms with Crippen LogP contribution in [-0.2, 0) is 11.3 Å². The molecule has 5 nitrogen and oxygen atoms in total. The first-order valence-corrected chi connectivity index (χ1v) is 10.0. The molecule has 0 saturated heterocycles. The number of rotatable bonds is 10. The molecule has 0 unspecified atom stereocenters. The molecule has 0 bridgehead atoms. The Balaban J connectivity index is 1.48. The molecule has 0 fully saturated rings. The summed E-state index contributed by atoms with van der Waals surface area (Å²) >= 11 is 1.53. The second-order valence-corrected chi connectivity index (χ2v) is 7.00. The van der Waals surface area contributed by atoms with Crippen molar-refractivity contribution in [3.05, 3.63) is 59.1 Å². The lowest BCUT2D eigenvalue weighted by atomic mass is 10.2. The molecule has 27 heavy (non-hydrogen) atoms. The Morgan fingerprint density at radius 2 is 2.04 bits per heavy atom. The van der Waals surface area contributed by atoms with E-state index in [1.807, 2.05) is 43.3 Å². The summed E-state index contributed by atoms with van der Waals surface area (Å²) in [6.07, 6.45) is 1.95. The Bertz CT molecular complexity index is 878. The van der Waals surface area contributed by atoms with E-state index in [0.717, 1.165) is 47.6 Å². The molecule has 0 atom stereocenters. The van der Waals surface area contributed by atoms with Crippen molar-refractivity contribution >= 4 is 27.5 Å². The van der Waals surface area contributed by atoms with Gasteiger partial charge >= 0.3 is 0 Å². The van der Waals surface area contributed by atoms with Gasteiger partial charge in [0.05, 0.1) is 22.3 Å². The normalized spacial score (nSPS) is 10.9. The highest BCUT2D eigenvalue weighted by atomic mass is 32.1. The van der Waals surface area contributed by atoms with Crippen molar-refractivity contribution in [3.63, 3.8) is 0 Å². The van der Waals surface area contributed by atoms with Crippen LogP contribution < -0.4 is 10.1 Å². The van der Waals surface area contributed by atoms with Gasteiger partial charge in [0.2, 0.25) is 0 Å². The average Bonchev–Trinajstić information content (AvgIpc) is 3.17. The van der Waals surface area contributed by atoms with Gasteiger partial charge in [0.15, 0.2) is 0 Å². The minimum atomic E-state index is -0.0902. The van der Waals surface area contributed by atoms with Crippen LogP contribution in [0.4, 0.5) is 0 Å². The largest absolute Gasteiger partial charge is 0.494 e. The van der Waals surface area contributed by atoms with E-state index in [2.05, 4.69) is 10.3 Å². The number of fused-ring (bicyclic) bond motifs is 1. The van der Waals surface area contributed by atoms with E-state index in [0.29, 0.717) is 18.7 Å². The number of nitrogens with zero attached hydrogens (tertiary/aromatic N) is 1. The third-order valence-corrected chi connectivity index (χ3v) is 4.89. The SMILES string of the molecule is CCOCCCCOc1cccc(CNC(=O)c2ccc3ncsc3c2)c1. The predicted molar refractivity (Wildman–Crippen MR) is 108 cm³/mol. The van der Waals surface area contributed by atoms with Gasteiger partial charge in [-0.15, -0.1) is 11.3 Å². The fourth-order valence-electron chi connectivity index (χ4n) is 2.67. The fourth-order valence-corrected chi connectivity index (χ4v) is 3.38. The summed E-state index contributed by atoms with van der Waals surface area (Å²) in [5.41, 5.74) is 4.36. The van der Waals surface area contributed by atoms with Crippen LogP contribution in [0.25, 0.3) is 10.2 Å². The van der Waals surface area contributed by atoms with Gasteiger partial charge in [-0.1, -0.05) is 12.1 Å². The lowest BCUT2D eigenvalue weighted by molar-refractivity contribution is 0.0951. The highest BCUT2D eigenvalue weighted by Crippen LogP contribution is 2.19. The molecule has 0 saturated carbocycles. The quantitative estimate of drug-likeness (QED) is 0.526. The number of aromatic nitrogens is 1. The molecule has 0 aliphatic carbocycles. The van der Waals surface area contributed by atoms with Gasteiger partial charge in [0.25, 0.3) is 5.91 Å². The minimum Gasteiger partial charge on any atom is -0.494 e. The van der Waals surface area contributed by atoms with Crippen molar-refractivity contribution in [2.24, 2.45) is 0 Å². The van der Waals surface area contributed by atoms with E-state index in [9.17, 15) is 4.79 Å². The maximum Gasteiger partial charge on any atom is 0.251 e. The first kappa shape index (κ1) is 19.3. The van der Waals surface area contributed by atoms with Crippen molar-refractivity contribution in [2.75, 3.05) is 19.8 Å². The van der Waals surface area contributed by atoms with Crippen molar-refractivity contribution < 1.29 is 14.3 Å². The molecule has 0 aliphatic heterocycles. The van der Waals surface area contributed by atoms with Gasteiger partial charge in [-0.25, -0.2) is 4.98 Å². The lowest BCUT2D eigenvalue weighted by Crippen LogP contribution is -2.22. The number of hydrogen-bond acceptors (Lipinski definition) is 5. The van der Waals surface area contributed by atoms with Crippen LogP contribution in [0.3, 0.4) is 0 Å². The molecule has 3 rings (SSSR count). The molecule has 0 aliphatic rings. The molecule has 1 heterocycles. The summed E-state index contributed by atoms with van der Waals surface area (Å²) in [6, 6.07) is 13.4. The molecule has 3 aromatic rings. The van der Waals surface area contributed by atoms with Crippen molar-refractivity contribution in [3.8, 4) is 5.75 Å². The Hall–Kier alpha value is -2.44. The Morgan fingerprint density at radius 1 is 1.15 bits per heavy atom. The Labute approximate surface area is 163 Å². The first-order valence-electron chi connectivity index (χ1n) is 9.17. The van der Waals surface area contributed by atoms with E-state index in [1.54, 1.807) is 11.6 Å². The van der Waals surface area contributed by atoms with Crippen molar-refractivity contribution in [1.29, 1.82) is 0 Å². The first-order chi connectivity index (χ1) is 13.3. The van der Waals surface area contributed by atoms with Gasteiger partial charge in [-0.05, 0) is 55.7 Å². The molecule has 142 valence electrons. The van der Waals surface area contributed by atoms with Crippen LogP contribution in [0.15, 0.2) is 48.0 Å². The average molecular weight is 385 g/mol. The number of ether oxygens (including phenoxy) is 2. The zero-order valence-corrected chi connectivity index (χ0v) is 16.3. The Kier molecular flexibility index (Phi) is 7.19. The molecular formula is C21H24N2O3S. The number of nitrogens with one attached hydrogen (secondary N) is 1. The number of amides is 1. The maximum absolute atomic E-state index is 12.4. The van der Waals surface area contributed by atoms with Crippen LogP contribution in [0.1, 0.15) is 35.7 Å². The monoisotopic (exact) mass is 384 g/mol. The van der Waals surface area contributed by atoms with E-state index in [1.165, 1.54) is 11.3 Å². The van der Waals surface area contributed by atoms with Gasteiger partial charge in [-0.3, -0.25) is 4.79 Å². The number of carbonyl (C=O) groups is 1. The van der Waals surface area contributed by atoms with Crippen molar-refractivity contribution in [1.82, 2.24) is 10.3 Å². The van der Waals surface area contributed by atoms with Crippen LogP contribution in [0.2, 0.25) is 0 Å². The highest BCUT2D eigenvalue weighted by Gasteiger charge is 2.08. The standard InChI is InChI=1S/C21H24N2O3S/c1-2-25-10-3-4-11-26-18-7-5-6-16(12-18)14-22-21(24)17-8-9-19-20(13-17)27-15-23-19/h5-9,12-13,15H,2-4,10-11,14H2,1H3,(H,22,24). The zero-order chi connectivity index (χ0) is 18.9. The second kappa shape index (κ2) is 10.0. The third-order valence-electron chi connectivity index (χ3n) is 4.10. The topological polar surface area (TPSA) is 60.5 Å². The number of unbranched alkanes of at least 4 members (excludes halogenated alkanes) is 1. The fraction of sp³-hybridized carbons (Fsp3) is 0.333. The van der Waals surface area contributed by atoms with E-state index >= 15 is 0 Å². The van der Waals surface area contributed by atoms with Crippen LogP contribution in [0.5, 0.6) is 5.75 Å². The zero-order valence-electron chi connectivity index (χ0n) is 15.4. The van der Waals surface area contributed by atoms with Crippen LogP contribution in [-0.4, -0.2) is 30.7 Å². The molecule has 1 N–H and O–H groups in total. The van der Waals surface area contributed by atoms with Gasteiger partial charge < -0.3 is 14.8 Å². The Morgan fingerprint density at radius 3 is 2.93 bits per heavy atom. The van der Waals surface area contributed by atoms with Crippen molar-refractivity contribution in [2.45, 2.75) is 26.3 Å². The maximum atomic E-state index is 12.4. The van der Waals surface area contributed by atoms with Gasteiger partial charge in [0.1, 0.15) is 5.75 Å². The van der Waals surface area contributed by atoms with E-state index in [4.69, 9.17) is 9.47 Å². The second-order valence-electron chi connectivity index (χ2n) is 6.12. The summed E-state index contributed by atoms with van der Waals surface area (Å²) in [4.78, 5) is 16.6. The van der Waals surface area contributed by atoms with Crippen LogP contribution in [0, 0.1) is 0 Å². The van der Waals surface area contributed by atoms with Gasteiger partial charge in [0, 0.05) is 25.3 Å². The van der Waals surface area contributed by atoms with E-state index in [-0.39, 0.29) is 5.91 Å². The number of carbonyl (C=O) groups excluding carboxylic acids is 1. The highest BCUT2D eigenvalue weighted by molar-refractivity contribution is 7.16. The number of hydrogen-bond donors (Lipinski definition) is 1. The van der Waals surface area contributed by atoms with Crippen LogP contribution >= 0.6 is 11.3 Å². The summed E-state index contributed by atoms with van der Waals surface area (Å²) in [7, 11) is 0. The minimum absolute atomic E-state index is 0.0902. The molecule has 0 spiro atoms. The predicted octanol–water partition coefficient (Wildman–Crippen LogP) is 4.42. The smallest absolute Gasteiger partial charge is 0.251 e. The summed E-state index contributed by atoms with van der Waals surface area (Å²) < 4.78 is 12.1. The summed E-state index contributed by atoms with van der Waals surface area (Å²) in [6.45, 7) is 4.66. The lowest BCUT2D eigenvalue weighted by Gasteiger charge is -2.09. The summed E-state index contributed by atoms with van der Waals surface area (Å²) in [5, 5.41) is 2.96. The van der Waals surface area contributed by atoms with Gasteiger partial charge in [-0.2, -0.15) is 0 Å². The number of thiazole rings is 1. The third kappa shape index (κ3) is 5.77. The summed E-state index contributed by atoms with van der Waals surface area (Å²) in [5.74, 6) is 0.733.